The Morgan fingerprint density at radius 3 is 2.31 bits per heavy atom. The predicted octanol–water partition coefficient (Wildman–Crippen LogP) is 7.70. The lowest BCUT2D eigenvalue weighted by Crippen LogP contribution is -2.14. The van der Waals surface area contributed by atoms with E-state index in [9.17, 15) is 4.79 Å². The minimum atomic E-state index is -0.427. The fourth-order valence-electron chi connectivity index (χ4n) is 3.61. The number of halogens is 2. The molecule has 0 aliphatic heterocycles. The van der Waals surface area contributed by atoms with Gasteiger partial charge in [-0.05, 0) is 73.2 Å². The molecule has 0 bridgehead atoms. The number of aromatic nitrogens is 3. The van der Waals surface area contributed by atoms with E-state index in [0.717, 1.165) is 27.0 Å². The average molecular weight is 560 g/mol. The van der Waals surface area contributed by atoms with E-state index in [0.29, 0.717) is 22.3 Å². The van der Waals surface area contributed by atoms with Crippen molar-refractivity contribution in [3.63, 3.8) is 0 Å². The highest BCUT2D eigenvalue weighted by atomic mass is 79.9. The zero-order valence-electron chi connectivity index (χ0n) is 19.2. The third-order valence-corrected chi connectivity index (χ3v) is 6.41. The fraction of sp³-hybridized carbons (Fsp3) is 0.0357. The summed E-state index contributed by atoms with van der Waals surface area (Å²) in [4.78, 5) is 17.7. The van der Waals surface area contributed by atoms with Crippen LogP contribution in [0.5, 0.6) is 11.5 Å². The maximum atomic E-state index is 13.1. The smallest absolute Gasteiger partial charge is 0.295 e. The van der Waals surface area contributed by atoms with Gasteiger partial charge in [-0.3, -0.25) is 4.79 Å². The van der Waals surface area contributed by atoms with Gasteiger partial charge in [-0.25, -0.2) is 9.67 Å². The molecule has 0 unspecified atom stereocenters. The van der Waals surface area contributed by atoms with Gasteiger partial charge in [0, 0.05) is 20.7 Å². The van der Waals surface area contributed by atoms with Crippen LogP contribution in [0.1, 0.15) is 16.2 Å². The first kappa shape index (κ1) is 23.8. The van der Waals surface area contributed by atoms with Crippen molar-refractivity contribution in [2.24, 2.45) is 0 Å². The Kier molecular flexibility index (Phi) is 6.84. The van der Waals surface area contributed by atoms with Crippen LogP contribution in [0.4, 0.5) is 5.69 Å². The number of para-hydroxylation sites is 1. The second-order valence-corrected chi connectivity index (χ2v) is 9.28. The van der Waals surface area contributed by atoms with E-state index in [-0.39, 0.29) is 5.82 Å². The van der Waals surface area contributed by atoms with Gasteiger partial charge in [-0.1, -0.05) is 63.9 Å². The lowest BCUT2D eigenvalue weighted by atomic mass is 10.1. The maximum Gasteiger partial charge on any atom is 0.295 e. The molecule has 1 aromatic heterocycles. The Labute approximate surface area is 221 Å². The molecule has 0 fully saturated rings. The van der Waals surface area contributed by atoms with Crippen molar-refractivity contribution in [3.05, 3.63) is 118 Å². The summed E-state index contributed by atoms with van der Waals surface area (Å²) in [5.74, 6) is 1.54. The van der Waals surface area contributed by atoms with Crippen LogP contribution < -0.4 is 10.1 Å². The maximum absolute atomic E-state index is 13.1. The molecule has 5 rings (SSSR count). The number of anilines is 1. The number of carbonyl (C=O) groups is 1. The van der Waals surface area contributed by atoms with Crippen molar-refractivity contribution in [2.45, 2.75) is 6.92 Å². The Morgan fingerprint density at radius 2 is 1.58 bits per heavy atom. The summed E-state index contributed by atoms with van der Waals surface area (Å²) in [6, 6.07) is 29.8. The van der Waals surface area contributed by atoms with Gasteiger partial charge < -0.3 is 10.1 Å². The van der Waals surface area contributed by atoms with E-state index in [4.69, 9.17) is 16.3 Å². The van der Waals surface area contributed by atoms with Crippen LogP contribution >= 0.6 is 27.5 Å². The molecule has 8 heteroatoms. The third-order valence-electron chi connectivity index (χ3n) is 5.47. The molecule has 0 radical (unpaired) electrons. The van der Waals surface area contributed by atoms with Gasteiger partial charge in [0.2, 0.25) is 5.82 Å². The molecule has 4 aromatic carbocycles. The molecular weight excluding hydrogens is 540 g/mol. The van der Waals surface area contributed by atoms with Crippen LogP contribution in [0.3, 0.4) is 0 Å². The second kappa shape index (κ2) is 10.4. The average Bonchev–Trinajstić information content (AvgIpc) is 3.33. The van der Waals surface area contributed by atoms with Crippen molar-refractivity contribution in [3.8, 4) is 28.6 Å². The van der Waals surface area contributed by atoms with E-state index >= 15 is 0 Å². The fourth-order valence-corrected chi connectivity index (χ4v) is 4.04. The Morgan fingerprint density at radius 1 is 0.889 bits per heavy atom. The monoisotopic (exact) mass is 558 g/mol. The molecule has 6 nitrogen and oxygen atoms in total. The standard InChI is InChI=1S/C28H20BrClN4O2/c1-18-24(30)8-5-9-25(18)34-27(19-10-12-20(29)13-11-19)32-26(33-34)28(35)31-21-14-16-23(17-15-21)36-22-6-3-2-4-7-22/h2-17H,1H3,(H,31,35). The zero-order valence-corrected chi connectivity index (χ0v) is 21.5. The van der Waals surface area contributed by atoms with Gasteiger partial charge >= 0.3 is 0 Å². The lowest BCUT2D eigenvalue weighted by Gasteiger charge is -2.10. The minimum Gasteiger partial charge on any atom is -0.457 e. The Hall–Kier alpha value is -3.94. The molecule has 0 atom stereocenters. The van der Waals surface area contributed by atoms with Crippen molar-refractivity contribution in [1.82, 2.24) is 14.8 Å². The van der Waals surface area contributed by atoms with Crippen LogP contribution in [-0.2, 0) is 0 Å². The summed E-state index contributed by atoms with van der Waals surface area (Å²) in [5.41, 5.74) is 2.99. The summed E-state index contributed by atoms with van der Waals surface area (Å²) in [6.45, 7) is 1.91. The van der Waals surface area contributed by atoms with Gasteiger partial charge in [0.15, 0.2) is 5.82 Å². The number of rotatable bonds is 6. The highest BCUT2D eigenvalue weighted by molar-refractivity contribution is 9.10. The molecule has 0 saturated heterocycles. The molecule has 36 heavy (non-hydrogen) atoms. The van der Waals surface area contributed by atoms with Crippen LogP contribution in [0.15, 0.2) is 102 Å². The van der Waals surface area contributed by atoms with Crippen molar-refractivity contribution in [2.75, 3.05) is 5.32 Å². The first-order valence-electron chi connectivity index (χ1n) is 11.1. The lowest BCUT2D eigenvalue weighted by molar-refractivity contribution is 0.101. The first-order chi connectivity index (χ1) is 17.5. The van der Waals surface area contributed by atoms with Crippen molar-refractivity contribution in [1.29, 1.82) is 0 Å². The minimum absolute atomic E-state index is 0.0388. The molecule has 0 aliphatic carbocycles. The van der Waals surface area contributed by atoms with Gasteiger partial charge in [-0.2, -0.15) is 0 Å². The highest BCUT2D eigenvalue weighted by Crippen LogP contribution is 2.28. The Bertz CT molecular complexity index is 1520. The number of hydrogen-bond donors (Lipinski definition) is 1. The molecule has 178 valence electrons. The molecule has 1 heterocycles. The van der Waals surface area contributed by atoms with Crippen molar-refractivity contribution >= 4 is 39.1 Å². The SMILES string of the molecule is Cc1c(Cl)cccc1-n1nc(C(=O)Nc2ccc(Oc3ccccc3)cc2)nc1-c1ccc(Br)cc1. The number of amides is 1. The normalized spacial score (nSPS) is 10.8. The third kappa shape index (κ3) is 5.17. The summed E-state index contributed by atoms with van der Waals surface area (Å²) in [6.07, 6.45) is 0. The van der Waals surface area contributed by atoms with Crippen LogP contribution in [0.25, 0.3) is 17.1 Å². The number of carbonyl (C=O) groups excluding carboxylic acids is 1. The van der Waals surface area contributed by atoms with E-state index < -0.39 is 5.91 Å². The number of benzene rings is 4. The largest absolute Gasteiger partial charge is 0.457 e. The first-order valence-corrected chi connectivity index (χ1v) is 12.3. The molecule has 1 N–H and O–H groups in total. The summed E-state index contributed by atoms with van der Waals surface area (Å²) < 4.78 is 8.40. The molecule has 5 aromatic rings. The van der Waals surface area contributed by atoms with Crippen LogP contribution in [-0.4, -0.2) is 20.7 Å². The van der Waals surface area contributed by atoms with Crippen molar-refractivity contribution < 1.29 is 9.53 Å². The zero-order chi connectivity index (χ0) is 25.1. The Balaban J connectivity index is 1.43. The number of ether oxygens (including phenoxy) is 1. The van der Waals surface area contributed by atoms with Gasteiger partial charge in [0.25, 0.3) is 5.91 Å². The van der Waals surface area contributed by atoms with Crippen LogP contribution in [0.2, 0.25) is 5.02 Å². The van der Waals surface area contributed by atoms with Gasteiger partial charge in [0.1, 0.15) is 11.5 Å². The van der Waals surface area contributed by atoms with E-state index in [1.54, 1.807) is 28.9 Å². The number of nitrogens with one attached hydrogen (secondary N) is 1. The second-order valence-electron chi connectivity index (χ2n) is 7.96. The van der Waals surface area contributed by atoms with Crippen LogP contribution in [0, 0.1) is 6.92 Å². The van der Waals surface area contributed by atoms with Gasteiger partial charge in [-0.15, -0.1) is 5.10 Å². The molecule has 0 aliphatic rings. The van der Waals surface area contributed by atoms with E-state index in [1.807, 2.05) is 79.7 Å². The quantitative estimate of drug-likeness (QED) is 0.231. The highest BCUT2D eigenvalue weighted by Gasteiger charge is 2.20. The summed E-state index contributed by atoms with van der Waals surface area (Å²) in [5, 5.41) is 8.02. The summed E-state index contributed by atoms with van der Waals surface area (Å²) >= 11 is 9.82. The molecular formula is C28H20BrClN4O2. The summed E-state index contributed by atoms with van der Waals surface area (Å²) in [7, 11) is 0. The number of nitrogens with zero attached hydrogens (tertiary/aromatic N) is 3. The van der Waals surface area contributed by atoms with E-state index in [1.165, 1.54) is 0 Å². The predicted molar refractivity (Wildman–Crippen MR) is 145 cm³/mol. The molecule has 1 amide bonds. The number of hydrogen-bond acceptors (Lipinski definition) is 4. The van der Waals surface area contributed by atoms with Gasteiger partial charge in [0.05, 0.1) is 5.69 Å². The molecule has 0 spiro atoms. The topological polar surface area (TPSA) is 69.0 Å². The molecule has 0 saturated carbocycles. The van der Waals surface area contributed by atoms with E-state index in [2.05, 4.69) is 31.3 Å².